The molecule has 2 heterocycles. The molecule has 0 spiro atoms. The molecule has 0 aliphatic carbocycles. The van der Waals surface area contributed by atoms with Crippen LogP contribution >= 0.6 is 0 Å². The first-order chi connectivity index (χ1) is 11.0. The van der Waals surface area contributed by atoms with E-state index in [1.165, 1.54) is 5.56 Å². The molecule has 2 atom stereocenters. The van der Waals surface area contributed by atoms with Gasteiger partial charge in [-0.2, -0.15) is 0 Å². The minimum Gasteiger partial charge on any atom is -0.493 e. The number of nitrogens with one attached hydrogen (secondary N) is 1. The van der Waals surface area contributed by atoms with Gasteiger partial charge in [0.25, 0.3) is 0 Å². The Hall–Kier alpha value is -2.49. The van der Waals surface area contributed by atoms with Crippen LogP contribution in [0.4, 0.5) is 5.69 Å². The number of benzene rings is 2. The van der Waals surface area contributed by atoms with E-state index in [0.29, 0.717) is 12.2 Å². The fourth-order valence-electron chi connectivity index (χ4n) is 3.87. The number of carboxylic acids is 1. The normalized spacial score (nSPS) is 23.6. The van der Waals surface area contributed by atoms with Gasteiger partial charge in [-0.25, -0.2) is 4.79 Å². The van der Waals surface area contributed by atoms with Crippen molar-refractivity contribution in [2.75, 3.05) is 11.9 Å². The monoisotopic (exact) mass is 309 g/mol. The maximum absolute atomic E-state index is 11.3. The Morgan fingerprint density at radius 2 is 2.04 bits per heavy atom. The fourth-order valence-corrected chi connectivity index (χ4v) is 3.87. The van der Waals surface area contributed by atoms with Gasteiger partial charge < -0.3 is 15.2 Å². The van der Waals surface area contributed by atoms with Crippen LogP contribution in [0.2, 0.25) is 0 Å². The number of fused-ring (bicyclic) bond motifs is 4. The summed E-state index contributed by atoms with van der Waals surface area (Å²) in [4.78, 5) is 11.3. The molecular formula is C19H19NO3. The van der Waals surface area contributed by atoms with Crippen molar-refractivity contribution < 1.29 is 14.6 Å². The standard InChI is InChI=1S/C19H19NO3/c1-19(2)13-9-11(18(21)22)7-8-15(13)20-17-12-5-3-4-6-16(12)23-10-14(17)19/h3-9,14,17,20H,10H2,1-2H3,(H,21,22)/t14-,17-/m1/s1. The Bertz CT molecular complexity index is 797. The highest BCUT2D eigenvalue weighted by molar-refractivity contribution is 5.89. The first kappa shape index (κ1) is 14.1. The molecule has 2 aliphatic rings. The summed E-state index contributed by atoms with van der Waals surface area (Å²) in [5, 5.41) is 12.9. The van der Waals surface area contributed by atoms with Gasteiger partial charge in [0.1, 0.15) is 5.75 Å². The first-order valence-corrected chi connectivity index (χ1v) is 7.84. The molecule has 2 aromatic carbocycles. The lowest BCUT2D eigenvalue weighted by molar-refractivity contribution is 0.0696. The van der Waals surface area contributed by atoms with Crippen LogP contribution in [-0.4, -0.2) is 17.7 Å². The van der Waals surface area contributed by atoms with E-state index in [-0.39, 0.29) is 17.4 Å². The number of rotatable bonds is 1. The van der Waals surface area contributed by atoms with Crippen molar-refractivity contribution in [3.05, 3.63) is 59.2 Å². The van der Waals surface area contributed by atoms with Crippen LogP contribution in [0.5, 0.6) is 5.75 Å². The average molecular weight is 309 g/mol. The molecule has 4 heteroatoms. The van der Waals surface area contributed by atoms with Crippen molar-refractivity contribution in [1.29, 1.82) is 0 Å². The maximum atomic E-state index is 11.3. The molecule has 118 valence electrons. The molecule has 0 unspecified atom stereocenters. The third-order valence-electron chi connectivity index (χ3n) is 5.27. The highest BCUT2D eigenvalue weighted by atomic mass is 16.5. The predicted molar refractivity (Wildman–Crippen MR) is 88.2 cm³/mol. The number of aromatic carboxylic acids is 1. The van der Waals surface area contributed by atoms with E-state index >= 15 is 0 Å². The lowest BCUT2D eigenvalue weighted by Gasteiger charge is -2.48. The zero-order chi connectivity index (χ0) is 16.2. The Morgan fingerprint density at radius 1 is 1.26 bits per heavy atom. The molecule has 2 aromatic rings. The van der Waals surface area contributed by atoms with Crippen LogP contribution in [0.3, 0.4) is 0 Å². The van der Waals surface area contributed by atoms with Gasteiger partial charge in [-0.1, -0.05) is 32.0 Å². The van der Waals surface area contributed by atoms with Crippen molar-refractivity contribution in [3.8, 4) is 5.75 Å². The van der Waals surface area contributed by atoms with E-state index in [4.69, 9.17) is 4.74 Å². The number of anilines is 1. The summed E-state index contributed by atoms with van der Waals surface area (Å²) in [5.41, 5.74) is 3.38. The van der Waals surface area contributed by atoms with Crippen molar-refractivity contribution in [2.24, 2.45) is 5.92 Å². The van der Waals surface area contributed by atoms with Crippen LogP contribution in [0.25, 0.3) is 0 Å². The zero-order valence-corrected chi connectivity index (χ0v) is 13.2. The molecule has 0 aromatic heterocycles. The first-order valence-electron chi connectivity index (χ1n) is 7.84. The van der Waals surface area contributed by atoms with Crippen LogP contribution in [0.1, 0.15) is 41.4 Å². The van der Waals surface area contributed by atoms with Crippen LogP contribution < -0.4 is 10.1 Å². The maximum Gasteiger partial charge on any atom is 0.335 e. The molecule has 0 amide bonds. The molecule has 0 saturated heterocycles. The van der Waals surface area contributed by atoms with E-state index in [1.54, 1.807) is 12.1 Å². The smallest absolute Gasteiger partial charge is 0.335 e. The number of carboxylic acid groups (broad SMARTS) is 1. The second-order valence-corrected chi connectivity index (χ2v) is 6.86. The zero-order valence-electron chi connectivity index (χ0n) is 13.2. The molecule has 4 rings (SSSR count). The number of hydrogen-bond acceptors (Lipinski definition) is 3. The molecule has 2 aliphatic heterocycles. The number of para-hydroxylation sites is 1. The van der Waals surface area contributed by atoms with Gasteiger partial charge in [0.15, 0.2) is 0 Å². The van der Waals surface area contributed by atoms with Crippen LogP contribution in [-0.2, 0) is 5.41 Å². The Balaban J connectivity index is 1.85. The van der Waals surface area contributed by atoms with Gasteiger partial charge in [0.2, 0.25) is 0 Å². The highest BCUT2D eigenvalue weighted by Gasteiger charge is 2.46. The lowest BCUT2D eigenvalue weighted by atomic mass is 9.65. The van der Waals surface area contributed by atoms with Gasteiger partial charge >= 0.3 is 5.97 Å². The molecule has 0 bridgehead atoms. The summed E-state index contributed by atoms with van der Waals surface area (Å²) < 4.78 is 5.96. The summed E-state index contributed by atoms with van der Waals surface area (Å²) in [5.74, 6) is 0.285. The average Bonchev–Trinajstić information content (AvgIpc) is 2.54. The van der Waals surface area contributed by atoms with Gasteiger partial charge in [-0.15, -0.1) is 0 Å². The van der Waals surface area contributed by atoms with E-state index in [9.17, 15) is 9.90 Å². The Kier molecular flexibility index (Phi) is 2.92. The van der Waals surface area contributed by atoms with Crippen molar-refractivity contribution in [2.45, 2.75) is 25.3 Å². The molecule has 0 radical (unpaired) electrons. The summed E-state index contributed by atoms with van der Waals surface area (Å²) in [6, 6.07) is 13.6. The van der Waals surface area contributed by atoms with Gasteiger partial charge in [0.05, 0.1) is 18.2 Å². The molecule has 23 heavy (non-hydrogen) atoms. The minimum atomic E-state index is -0.893. The topological polar surface area (TPSA) is 58.6 Å². The van der Waals surface area contributed by atoms with Crippen molar-refractivity contribution in [1.82, 2.24) is 0 Å². The largest absolute Gasteiger partial charge is 0.493 e. The van der Waals surface area contributed by atoms with Crippen LogP contribution in [0.15, 0.2) is 42.5 Å². The van der Waals surface area contributed by atoms with Crippen LogP contribution in [0, 0.1) is 5.92 Å². The Labute approximate surface area is 135 Å². The van der Waals surface area contributed by atoms with E-state index in [1.807, 2.05) is 24.3 Å². The van der Waals surface area contributed by atoms with Crippen molar-refractivity contribution in [3.63, 3.8) is 0 Å². The van der Waals surface area contributed by atoms with Crippen molar-refractivity contribution >= 4 is 11.7 Å². The SMILES string of the molecule is CC1(C)c2cc(C(=O)O)ccc2N[C@@H]2c3ccccc3OC[C@H]21. The molecule has 0 fully saturated rings. The lowest BCUT2D eigenvalue weighted by Crippen LogP contribution is -2.46. The van der Waals surface area contributed by atoms with E-state index in [0.717, 1.165) is 17.0 Å². The summed E-state index contributed by atoms with van der Waals surface area (Å²) in [6.45, 7) is 4.97. The highest BCUT2D eigenvalue weighted by Crippen LogP contribution is 2.51. The second kappa shape index (κ2) is 4.75. The Morgan fingerprint density at radius 3 is 2.83 bits per heavy atom. The number of hydrogen-bond donors (Lipinski definition) is 2. The predicted octanol–water partition coefficient (Wildman–Crippen LogP) is 3.84. The molecular weight excluding hydrogens is 290 g/mol. The summed E-state index contributed by atoms with van der Waals surface area (Å²) >= 11 is 0. The number of ether oxygens (including phenoxy) is 1. The third kappa shape index (κ3) is 2.01. The van der Waals surface area contributed by atoms with E-state index in [2.05, 4.69) is 25.2 Å². The molecule has 4 nitrogen and oxygen atoms in total. The third-order valence-corrected chi connectivity index (χ3v) is 5.27. The van der Waals surface area contributed by atoms with E-state index < -0.39 is 5.97 Å². The summed E-state index contributed by atoms with van der Waals surface area (Å²) in [7, 11) is 0. The van der Waals surface area contributed by atoms with Gasteiger partial charge in [-0.3, -0.25) is 0 Å². The van der Waals surface area contributed by atoms with Gasteiger partial charge in [-0.05, 0) is 29.8 Å². The summed E-state index contributed by atoms with van der Waals surface area (Å²) in [6.07, 6.45) is 0. The number of carbonyl (C=O) groups is 1. The minimum absolute atomic E-state index is 0.176. The quantitative estimate of drug-likeness (QED) is 0.840. The fraction of sp³-hybridized carbons (Fsp3) is 0.316. The second-order valence-electron chi connectivity index (χ2n) is 6.86. The molecule has 0 saturated carbocycles. The molecule has 2 N–H and O–H groups in total. The van der Waals surface area contributed by atoms with Gasteiger partial charge in [0, 0.05) is 22.6 Å².